The minimum absolute atomic E-state index is 0.160. The number of nitrogens with one attached hydrogen (secondary N) is 2. The number of hydrogen-bond donors (Lipinski definition) is 3. The molecular formula is C11H13N3O. The number of fused-ring (bicyclic) bond motifs is 1. The van der Waals surface area contributed by atoms with Crippen LogP contribution in [0.15, 0.2) is 24.3 Å². The van der Waals surface area contributed by atoms with Crippen LogP contribution in [0.1, 0.15) is 18.3 Å². The summed E-state index contributed by atoms with van der Waals surface area (Å²) >= 11 is 0. The summed E-state index contributed by atoms with van der Waals surface area (Å²) in [4.78, 5) is 7.77. The summed E-state index contributed by atoms with van der Waals surface area (Å²) in [5.41, 5.74) is 2.03. The van der Waals surface area contributed by atoms with Crippen molar-refractivity contribution in [3.8, 4) is 0 Å². The predicted octanol–water partition coefficient (Wildman–Crippen LogP) is 0.958. The van der Waals surface area contributed by atoms with Gasteiger partial charge in [-0.2, -0.15) is 0 Å². The fraction of sp³-hybridized carbons (Fsp3) is 0.364. The Morgan fingerprint density at radius 1 is 1.33 bits per heavy atom. The molecule has 78 valence electrons. The summed E-state index contributed by atoms with van der Waals surface area (Å²) in [6, 6.07) is 8.12. The Labute approximate surface area is 87.3 Å². The Bertz CT molecular complexity index is 446. The third kappa shape index (κ3) is 1.52. The standard InChI is InChI=1S/C11H13N3O/c15-7-5-10(12-6-7)11-13-8-3-1-2-4-9(8)14-11/h1-4,7,10,12,15H,5-6H2,(H,13,14)/t7-,10-/m1/s1. The van der Waals surface area contributed by atoms with Crippen molar-refractivity contribution < 1.29 is 5.11 Å². The predicted molar refractivity (Wildman–Crippen MR) is 57.5 cm³/mol. The number of para-hydroxylation sites is 2. The lowest BCUT2D eigenvalue weighted by Crippen LogP contribution is -2.15. The molecule has 2 atom stereocenters. The fourth-order valence-corrected chi connectivity index (χ4v) is 2.06. The number of aliphatic hydroxyl groups excluding tert-OH is 1. The van der Waals surface area contributed by atoms with E-state index < -0.39 is 0 Å². The van der Waals surface area contributed by atoms with E-state index in [1.807, 2.05) is 24.3 Å². The molecule has 4 nitrogen and oxygen atoms in total. The molecule has 1 aromatic carbocycles. The molecule has 2 heterocycles. The highest BCUT2D eigenvalue weighted by Crippen LogP contribution is 2.23. The minimum atomic E-state index is -0.247. The molecule has 3 rings (SSSR count). The third-order valence-corrected chi connectivity index (χ3v) is 2.85. The summed E-state index contributed by atoms with van der Waals surface area (Å²) in [6.07, 6.45) is 0.489. The van der Waals surface area contributed by atoms with Crippen molar-refractivity contribution in [3.63, 3.8) is 0 Å². The number of aliphatic hydroxyl groups is 1. The van der Waals surface area contributed by atoms with Gasteiger partial charge in [0, 0.05) is 6.54 Å². The van der Waals surface area contributed by atoms with E-state index in [1.165, 1.54) is 0 Å². The van der Waals surface area contributed by atoms with Crippen LogP contribution < -0.4 is 5.32 Å². The van der Waals surface area contributed by atoms with Crippen LogP contribution in [0.5, 0.6) is 0 Å². The van der Waals surface area contributed by atoms with Gasteiger partial charge in [-0.1, -0.05) is 12.1 Å². The first-order valence-electron chi connectivity index (χ1n) is 5.19. The van der Waals surface area contributed by atoms with E-state index in [2.05, 4.69) is 15.3 Å². The van der Waals surface area contributed by atoms with E-state index in [0.29, 0.717) is 6.54 Å². The number of aromatic nitrogens is 2. The fourth-order valence-electron chi connectivity index (χ4n) is 2.06. The second-order valence-corrected chi connectivity index (χ2v) is 3.99. The molecule has 4 heteroatoms. The molecule has 1 aliphatic rings. The van der Waals surface area contributed by atoms with Crippen LogP contribution in [0, 0.1) is 0 Å². The topological polar surface area (TPSA) is 60.9 Å². The van der Waals surface area contributed by atoms with Crippen molar-refractivity contribution in [1.29, 1.82) is 0 Å². The number of hydrogen-bond acceptors (Lipinski definition) is 3. The maximum atomic E-state index is 9.43. The zero-order valence-corrected chi connectivity index (χ0v) is 8.27. The first kappa shape index (κ1) is 8.88. The Balaban J connectivity index is 1.98. The zero-order valence-electron chi connectivity index (χ0n) is 8.27. The first-order valence-corrected chi connectivity index (χ1v) is 5.19. The van der Waals surface area contributed by atoms with Gasteiger partial charge in [-0.05, 0) is 18.6 Å². The largest absolute Gasteiger partial charge is 0.392 e. The molecule has 15 heavy (non-hydrogen) atoms. The average Bonchev–Trinajstić information content (AvgIpc) is 2.82. The number of aromatic amines is 1. The number of rotatable bonds is 1. The van der Waals surface area contributed by atoms with Crippen LogP contribution >= 0.6 is 0 Å². The summed E-state index contributed by atoms with van der Waals surface area (Å²) in [5, 5.41) is 12.7. The Morgan fingerprint density at radius 3 is 2.93 bits per heavy atom. The summed E-state index contributed by atoms with van der Waals surface area (Å²) in [6.45, 7) is 0.654. The molecule has 2 aromatic rings. The van der Waals surface area contributed by atoms with Gasteiger partial charge in [-0.25, -0.2) is 4.98 Å². The van der Waals surface area contributed by atoms with Gasteiger partial charge in [-0.15, -0.1) is 0 Å². The molecule has 1 aromatic heterocycles. The highest BCUT2D eigenvalue weighted by atomic mass is 16.3. The first-order chi connectivity index (χ1) is 7.33. The van der Waals surface area contributed by atoms with Gasteiger partial charge in [0.15, 0.2) is 0 Å². The number of benzene rings is 1. The molecule has 1 saturated heterocycles. The number of H-pyrrole nitrogens is 1. The molecule has 0 radical (unpaired) electrons. The quantitative estimate of drug-likeness (QED) is 0.647. The van der Waals surface area contributed by atoms with Gasteiger partial charge in [0.25, 0.3) is 0 Å². The maximum absolute atomic E-state index is 9.43. The molecule has 0 bridgehead atoms. The highest BCUT2D eigenvalue weighted by Gasteiger charge is 2.25. The molecule has 3 N–H and O–H groups in total. The van der Waals surface area contributed by atoms with Gasteiger partial charge in [0.05, 0.1) is 23.2 Å². The van der Waals surface area contributed by atoms with E-state index in [1.54, 1.807) is 0 Å². The Morgan fingerprint density at radius 2 is 2.20 bits per heavy atom. The molecule has 0 amide bonds. The van der Waals surface area contributed by atoms with Crippen molar-refractivity contribution in [2.24, 2.45) is 0 Å². The summed E-state index contributed by atoms with van der Waals surface area (Å²) in [5.74, 6) is 0.924. The average molecular weight is 203 g/mol. The van der Waals surface area contributed by atoms with E-state index in [9.17, 15) is 5.11 Å². The van der Waals surface area contributed by atoms with Crippen molar-refractivity contribution >= 4 is 11.0 Å². The van der Waals surface area contributed by atoms with Gasteiger partial charge >= 0.3 is 0 Å². The van der Waals surface area contributed by atoms with E-state index in [-0.39, 0.29) is 12.1 Å². The molecule has 0 saturated carbocycles. The van der Waals surface area contributed by atoms with Crippen LogP contribution in [0.4, 0.5) is 0 Å². The van der Waals surface area contributed by atoms with Crippen LogP contribution in [-0.2, 0) is 0 Å². The Kier molecular flexibility index (Phi) is 1.97. The van der Waals surface area contributed by atoms with Crippen molar-refractivity contribution in [1.82, 2.24) is 15.3 Å². The minimum Gasteiger partial charge on any atom is -0.392 e. The van der Waals surface area contributed by atoms with Gasteiger partial charge in [-0.3, -0.25) is 0 Å². The van der Waals surface area contributed by atoms with Gasteiger partial charge in [0.1, 0.15) is 5.82 Å². The normalized spacial score (nSPS) is 26.2. The molecule has 1 fully saturated rings. The van der Waals surface area contributed by atoms with E-state index in [4.69, 9.17) is 0 Å². The SMILES string of the molecule is O[C@H]1CN[C@@H](c2nc3ccccc3[nH]2)C1. The number of imidazole rings is 1. The maximum Gasteiger partial charge on any atom is 0.124 e. The number of β-amino-alcohol motifs (C(OH)–C–C–N with tert-alkyl or cyclic N) is 1. The van der Waals surface area contributed by atoms with Crippen molar-refractivity contribution in [3.05, 3.63) is 30.1 Å². The monoisotopic (exact) mass is 203 g/mol. The van der Waals surface area contributed by atoms with Crippen molar-refractivity contribution in [2.45, 2.75) is 18.6 Å². The van der Waals surface area contributed by atoms with Crippen LogP contribution in [0.3, 0.4) is 0 Å². The molecular weight excluding hydrogens is 190 g/mol. The van der Waals surface area contributed by atoms with Gasteiger partial charge < -0.3 is 15.4 Å². The van der Waals surface area contributed by atoms with Crippen LogP contribution in [0.25, 0.3) is 11.0 Å². The van der Waals surface area contributed by atoms with Crippen LogP contribution in [-0.4, -0.2) is 27.7 Å². The summed E-state index contributed by atoms with van der Waals surface area (Å²) in [7, 11) is 0. The molecule has 1 aliphatic heterocycles. The third-order valence-electron chi connectivity index (χ3n) is 2.85. The second kappa shape index (κ2) is 3.32. The van der Waals surface area contributed by atoms with E-state index in [0.717, 1.165) is 23.3 Å². The highest BCUT2D eigenvalue weighted by molar-refractivity contribution is 5.74. The smallest absolute Gasteiger partial charge is 0.124 e. The lowest BCUT2D eigenvalue weighted by molar-refractivity contribution is 0.193. The van der Waals surface area contributed by atoms with Crippen LogP contribution in [0.2, 0.25) is 0 Å². The summed E-state index contributed by atoms with van der Waals surface area (Å²) < 4.78 is 0. The molecule has 0 aliphatic carbocycles. The number of nitrogens with zero attached hydrogens (tertiary/aromatic N) is 1. The lowest BCUT2D eigenvalue weighted by atomic mass is 10.2. The lowest BCUT2D eigenvalue weighted by Gasteiger charge is -2.04. The zero-order chi connectivity index (χ0) is 10.3. The van der Waals surface area contributed by atoms with Crippen molar-refractivity contribution in [2.75, 3.05) is 6.54 Å². The van der Waals surface area contributed by atoms with E-state index >= 15 is 0 Å². The molecule has 0 spiro atoms. The second-order valence-electron chi connectivity index (χ2n) is 3.99. The van der Waals surface area contributed by atoms with Gasteiger partial charge in [0.2, 0.25) is 0 Å². The molecule has 0 unspecified atom stereocenters. The Hall–Kier alpha value is -1.39.